The first-order chi connectivity index (χ1) is 13.7. The van der Waals surface area contributed by atoms with E-state index in [-0.39, 0.29) is 0 Å². The molecule has 0 aromatic carbocycles. The van der Waals surface area contributed by atoms with Gasteiger partial charge >= 0.3 is 0 Å². The molecule has 5 atom stereocenters. The summed E-state index contributed by atoms with van der Waals surface area (Å²) in [5.74, 6) is 6.21. The molecule has 162 valence electrons. The highest BCUT2D eigenvalue weighted by Gasteiger charge is 2.44. The third-order valence-corrected chi connectivity index (χ3v) is 8.61. The minimum absolute atomic E-state index is 0.516. The van der Waals surface area contributed by atoms with E-state index in [1.807, 2.05) is 0 Å². The topological polar surface area (TPSA) is 12.0 Å². The lowest BCUT2D eigenvalue weighted by Crippen LogP contribution is -2.37. The lowest BCUT2D eigenvalue weighted by molar-refractivity contribution is 0.0540. The molecule has 1 aliphatic heterocycles. The largest absolute Gasteiger partial charge is 0.316 e. The van der Waals surface area contributed by atoms with Crippen molar-refractivity contribution in [1.82, 2.24) is 5.32 Å². The van der Waals surface area contributed by atoms with Crippen molar-refractivity contribution in [2.75, 3.05) is 13.1 Å². The Morgan fingerprint density at radius 2 is 1.57 bits per heavy atom. The lowest BCUT2D eigenvalue weighted by Gasteiger charge is -2.45. The number of alkyl halides is 1. The highest BCUT2D eigenvalue weighted by atomic mass is 19.1. The predicted molar refractivity (Wildman–Crippen MR) is 119 cm³/mol. The van der Waals surface area contributed by atoms with Gasteiger partial charge in [-0.15, -0.1) is 6.58 Å². The molecular formula is C26H46FN. The minimum Gasteiger partial charge on any atom is -0.316 e. The highest BCUT2D eigenvalue weighted by molar-refractivity contribution is 4.99. The fourth-order valence-electron chi connectivity index (χ4n) is 6.54. The molecule has 4 rings (SSSR count). The van der Waals surface area contributed by atoms with E-state index in [0.717, 1.165) is 61.2 Å². The Hall–Kier alpha value is -0.370. The van der Waals surface area contributed by atoms with Crippen LogP contribution in [0, 0.1) is 41.4 Å². The zero-order chi connectivity index (χ0) is 19.9. The van der Waals surface area contributed by atoms with Gasteiger partial charge < -0.3 is 5.32 Å². The Balaban J connectivity index is 0.000000236. The van der Waals surface area contributed by atoms with Crippen molar-refractivity contribution in [1.29, 1.82) is 0 Å². The van der Waals surface area contributed by atoms with Crippen LogP contribution < -0.4 is 5.32 Å². The second-order valence-electron chi connectivity index (χ2n) is 10.3. The monoisotopic (exact) mass is 391 g/mol. The first-order valence-electron chi connectivity index (χ1n) is 12.6. The summed E-state index contributed by atoms with van der Waals surface area (Å²) in [7, 11) is 0. The van der Waals surface area contributed by atoms with Crippen LogP contribution in [-0.2, 0) is 0 Å². The van der Waals surface area contributed by atoms with Gasteiger partial charge in [-0.2, -0.15) is 0 Å². The Morgan fingerprint density at radius 1 is 0.893 bits per heavy atom. The van der Waals surface area contributed by atoms with Crippen molar-refractivity contribution in [3.8, 4) is 0 Å². The molecule has 4 aliphatic rings. The molecule has 1 N–H and O–H groups in total. The zero-order valence-corrected chi connectivity index (χ0v) is 18.7. The van der Waals surface area contributed by atoms with Crippen molar-refractivity contribution in [2.45, 2.75) is 97.1 Å². The van der Waals surface area contributed by atoms with E-state index < -0.39 is 6.17 Å². The van der Waals surface area contributed by atoms with Crippen LogP contribution in [0.1, 0.15) is 90.9 Å². The SMILES string of the molecule is C=CC1CC(C2CC2)C(CC)CC1C1CCC(F)CC1.CCC1CCCNC1. The number of piperidine rings is 1. The van der Waals surface area contributed by atoms with Gasteiger partial charge in [-0.05, 0) is 119 Å². The van der Waals surface area contributed by atoms with Gasteiger partial charge in [0.1, 0.15) is 6.17 Å². The van der Waals surface area contributed by atoms with Crippen LogP contribution in [0.4, 0.5) is 4.39 Å². The van der Waals surface area contributed by atoms with Gasteiger partial charge in [0.25, 0.3) is 0 Å². The van der Waals surface area contributed by atoms with E-state index in [4.69, 9.17) is 0 Å². The van der Waals surface area contributed by atoms with Crippen molar-refractivity contribution >= 4 is 0 Å². The van der Waals surface area contributed by atoms with Crippen LogP contribution in [0.2, 0.25) is 0 Å². The number of nitrogens with one attached hydrogen (secondary N) is 1. The summed E-state index contributed by atoms with van der Waals surface area (Å²) < 4.78 is 13.4. The molecule has 0 spiro atoms. The summed E-state index contributed by atoms with van der Waals surface area (Å²) in [6.45, 7) is 11.3. The second kappa shape index (κ2) is 11.1. The molecule has 3 saturated carbocycles. The Morgan fingerprint density at radius 3 is 2.07 bits per heavy atom. The van der Waals surface area contributed by atoms with Crippen LogP contribution in [-0.4, -0.2) is 19.3 Å². The maximum atomic E-state index is 13.4. The minimum atomic E-state index is -0.516. The number of rotatable bonds is 5. The first kappa shape index (κ1) is 22.3. The normalized spacial score (nSPS) is 41.6. The van der Waals surface area contributed by atoms with Crippen LogP contribution in [0.25, 0.3) is 0 Å². The van der Waals surface area contributed by atoms with Gasteiger partial charge in [0.05, 0.1) is 0 Å². The Kier molecular flexibility index (Phi) is 8.88. The molecule has 0 amide bonds. The molecule has 0 aromatic rings. The summed E-state index contributed by atoms with van der Waals surface area (Å²) in [4.78, 5) is 0. The molecule has 0 bridgehead atoms. The van der Waals surface area contributed by atoms with E-state index >= 15 is 0 Å². The fourth-order valence-corrected chi connectivity index (χ4v) is 6.54. The number of hydrogen-bond acceptors (Lipinski definition) is 1. The molecule has 28 heavy (non-hydrogen) atoms. The smallest absolute Gasteiger partial charge is 0.100 e. The number of allylic oxidation sites excluding steroid dienone is 1. The van der Waals surface area contributed by atoms with Crippen molar-refractivity contribution in [3.63, 3.8) is 0 Å². The lowest BCUT2D eigenvalue weighted by atomic mass is 9.60. The maximum Gasteiger partial charge on any atom is 0.100 e. The maximum absolute atomic E-state index is 13.4. The number of halogens is 1. The third-order valence-electron chi connectivity index (χ3n) is 8.61. The van der Waals surface area contributed by atoms with E-state index in [2.05, 4.69) is 31.8 Å². The Labute approximate surface area is 174 Å². The molecule has 5 unspecified atom stereocenters. The molecule has 0 aromatic heterocycles. The van der Waals surface area contributed by atoms with E-state index in [9.17, 15) is 4.39 Å². The summed E-state index contributed by atoms with van der Waals surface area (Å²) in [5.41, 5.74) is 0. The summed E-state index contributed by atoms with van der Waals surface area (Å²) in [6.07, 6.45) is 16.9. The van der Waals surface area contributed by atoms with Gasteiger partial charge in [0.15, 0.2) is 0 Å². The van der Waals surface area contributed by atoms with Gasteiger partial charge in [-0.1, -0.05) is 32.8 Å². The Bertz CT molecular complexity index is 445. The number of hydrogen-bond donors (Lipinski definition) is 1. The van der Waals surface area contributed by atoms with Crippen LogP contribution in [0.15, 0.2) is 12.7 Å². The van der Waals surface area contributed by atoms with Gasteiger partial charge in [0, 0.05) is 0 Å². The standard InChI is InChI=1S/C19H31F.C7H15N/c1-3-13-12-19(16-7-9-17(20)10-8-16)14(4-2)11-18(13)15-5-6-15;1-2-7-4-3-5-8-6-7/h4,13-19H,2-3,5-12H2,1H3;7-8H,2-6H2,1H3. The van der Waals surface area contributed by atoms with Crippen LogP contribution >= 0.6 is 0 Å². The summed E-state index contributed by atoms with van der Waals surface area (Å²) >= 11 is 0. The van der Waals surface area contributed by atoms with Crippen molar-refractivity contribution < 1.29 is 4.39 Å². The molecule has 2 heteroatoms. The molecule has 3 aliphatic carbocycles. The molecular weight excluding hydrogens is 345 g/mol. The quantitative estimate of drug-likeness (QED) is 0.490. The molecule has 1 heterocycles. The predicted octanol–water partition coefficient (Wildman–Crippen LogP) is 7.18. The summed E-state index contributed by atoms with van der Waals surface area (Å²) in [5, 5.41) is 3.39. The van der Waals surface area contributed by atoms with Crippen LogP contribution in [0.3, 0.4) is 0 Å². The second-order valence-corrected chi connectivity index (χ2v) is 10.3. The van der Waals surface area contributed by atoms with Gasteiger partial charge in [-0.3, -0.25) is 0 Å². The molecule has 4 fully saturated rings. The van der Waals surface area contributed by atoms with E-state index in [1.54, 1.807) is 0 Å². The van der Waals surface area contributed by atoms with E-state index in [1.165, 1.54) is 64.5 Å². The van der Waals surface area contributed by atoms with Gasteiger partial charge in [-0.25, -0.2) is 4.39 Å². The van der Waals surface area contributed by atoms with Crippen LogP contribution in [0.5, 0.6) is 0 Å². The first-order valence-corrected chi connectivity index (χ1v) is 12.6. The molecule has 1 nitrogen and oxygen atoms in total. The average molecular weight is 392 g/mol. The fraction of sp³-hybridized carbons (Fsp3) is 0.923. The highest BCUT2D eigenvalue weighted by Crippen LogP contribution is 2.53. The zero-order valence-electron chi connectivity index (χ0n) is 18.7. The summed E-state index contributed by atoms with van der Waals surface area (Å²) in [6, 6.07) is 0. The van der Waals surface area contributed by atoms with Crippen molar-refractivity contribution in [2.24, 2.45) is 41.4 Å². The third kappa shape index (κ3) is 6.07. The van der Waals surface area contributed by atoms with Gasteiger partial charge in [0.2, 0.25) is 0 Å². The van der Waals surface area contributed by atoms with Crippen molar-refractivity contribution in [3.05, 3.63) is 12.7 Å². The molecule has 0 radical (unpaired) electrons. The van der Waals surface area contributed by atoms with E-state index in [0.29, 0.717) is 5.92 Å². The average Bonchev–Trinajstić information content (AvgIpc) is 3.60. The molecule has 1 saturated heterocycles.